The van der Waals surface area contributed by atoms with Gasteiger partial charge in [0.15, 0.2) is 0 Å². The molecule has 24 heavy (non-hydrogen) atoms. The van der Waals surface area contributed by atoms with Crippen molar-refractivity contribution in [3.8, 4) is 11.3 Å². The molecule has 0 unspecified atom stereocenters. The third-order valence-corrected chi connectivity index (χ3v) is 4.30. The molecule has 1 fully saturated rings. The van der Waals surface area contributed by atoms with Gasteiger partial charge in [0, 0.05) is 31.3 Å². The molecule has 1 aromatic heterocycles. The van der Waals surface area contributed by atoms with Gasteiger partial charge < -0.3 is 19.8 Å². The molecule has 0 aliphatic carbocycles. The molecule has 2 heterocycles. The summed E-state index contributed by atoms with van der Waals surface area (Å²) in [5.74, 6) is -0.00584. The first-order valence-corrected chi connectivity index (χ1v) is 8.43. The zero-order valence-corrected chi connectivity index (χ0v) is 13.6. The van der Waals surface area contributed by atoms with Crippen LogP contribution in [0.15, 0.2) is 40.9 Å². The van der Waals surface area contributed by atoms with Crippen LogP contribution in [0, 0.1) is 0 Å². The van der Waals surface area contributed by atoms with Gasteiger partial charge in [-0.1, -0.05) is 35.5 Å². The van der Waals surface area contributed by atoms with E-state index in [1.807, 2.05) is 30.3 Å². The summed E-state index contributed by atoms with van der Waals surface area (Å²) in [6.45, 7) is 3.38. The van der Waals surface area contributed by atoms with E-state index in [4.69, 9.17) is 4.52 Å². The Balaban J connectivity index is 1.42. The van der Waals surface area contributed by atoms with E-state index in [1.165, 1.54) is 0 Å². The molecule has 0 bridgehead atoms. The summed E-state index contributed by atoms with van der Waals surface area (Å²) in [6.07, 6.45) is 2.41. The van der Waals surface area contributed by atoms with Crippen LogP contribution < -0.4 is 5.32 Å². The molecular formula is C18H23N3O3. The van der Waals surface area contributed by atoms with Gasteiger partial charge in [-0.2, -0.15) is 0 Å². The lowest BCUT2D eigenvalue weighted by molar-refractivity contribution is 0.0814. The van der Waals surface area contributed by atoms with Gasteiger partial charge in [-0.15, -0.1) is 0 Å². The Kier molecular flexibility index (Phi) is 5.61. The van der Waals surface area contributed by atoms with Gasteiger partial charge in [-0.3, -0.25) is 4.79 Å². The number of carbonyl (C=O) groups excluding carboxylic acids is 1. The number of aliphatic hydroxyl groups is 1. The average Bonchev–Trinajstić information content (AvgIpc) is 3.11. The predicted octanol–water partition coefficient (Wildman–Crippen LogP) is 1.92. The topological polar surface area (TPSA) is 78.6 Å². The third-order valence-electron chi connectivity index (χ3n) is 4.30. The molecular weight excluding hydrogens is 306 g/mol. The highest BCUT2D eigenvalue weighted by Gasteiger charge is 2.17. The Bertz CT molecular complexity index is 649. The standard InChI is InChI=1S/C18H23N3O3/c22-15-7-11-21(12-8-15)10-4-9-19-18(23)17-13-16(20-24-17)14-5-2-1-3-6-14/h1-3,5-6,13,15,22H,4,7-12H2,(H,19,23). The van der Waals surface area contributed by atoms with Crippen molar-refractivity contribution in [3.05, 3.63) is 42.2 Å². The Morgan fingerprint density at radius 2 is 2.04 bits per heavy atom. The largest absolute Gasteiger partial charge is 0.393 e. The quantitative estimate of drug-likeness (QED) is 0.792. The molecule has 0 atom stereocenters. The maximum absolute atomic E-state index is 12.1. The van der Waals surface area contributed by atoms with Crippen LogP contribution in [0.3, 0.4) is 0 Å². The van der Waals surface area contributed by atoms with Gasteiger partial charge in [0.25, 0.3) is 5.91 Å². The number of carbonyl (C=O) groups is 1. The van der Waals surface area contributed by atoms with Crippen molar-refractivity contribution in [2.75, 3.05) is 26.2 Å². The van der Waals surface area contributed by atoms with Crippen molar-refractivity contribution in [1.82, 2.24) is 15.4 Å². The minimum absolute atomic E-state index is 0.147. The zero-order chi connectivity index (χ0) is 16.8. The highest BCUT2D eigenvalue weighted by atomic mass is 16.5. The van der Waals surface area contributed by atoms with Crippen LogP contribution in [-0.2, 0) is 0 Å². The van der Waals surface area contributed by atoms with E-state index in [1.54, 1.807) is 6.07 Å². The van der Waals surface area contributed by atoms with Crippen LogP contribution in [0.2, 0.25) is 0 Å². The number of nitrogens with zero attached hydrogens (tertiary/aromatic N) is 2. The smallest absolute Gasteiger partial charge is 0.289 e. The fraction of sp³-hybridized carbons (Fsp3) is 0.444. The monoisotopic (exact) mass is 329 g/mol. The Morgan fingerprint density at radius 1 is 1.29 bits per heavy atom. The average molecular weight is 329 g/mol. The highest BCUT2D eigenvalue weighted by molar-refractivity contribution is 5.92. The minimum atomic E-state index is -0.237. The van der Waals surface area contributed by atoms with Crippen LogP contribution in [0.25, 0.3) is 11.3 Å². The predicted molar refractivity (Wildman–Crippen MR) is 90.6 cm³/mol. The van der Waals surface area contributed by atoms with Crippen LogP contribution >= 0.6 is 0 Å². The van der Waals surface area contributed by atoms with Crippen LogP contribution in [0.1, 0.15) is 29.8 Å². The van der Waals surface area contributed by atoms with Gasteiger partial charge >= 0.3 is 0 Å². The molecule has 128 valence electrons. The lowest BCUT2D eigenvalue weighted by Gasteiger charge is -2.29. The van der Waals surface area contributed by atoms with Crippen LogP contribution in [0.4, 0.5) is 0 Å². The van der Waals surface area contributed by atoms with E-state index in [2.05, 4.69) is 15.4 Å². The number of aliphatic hydroxyl groups excluding tert-OH is 1. The van der Waals surface area contributed by atoms with Gasteiger partial charge in [-0.05, 0) is 25.8 Å². The van der Waals surface area contributed by atoms with Gasteiger partial charge in [0.1, 0.15) is 5.69 Å². The molecule has 1 amide bonds. The molecule has 0 spiro atoms. The number of rotatable bonds is 6. The van der Waals surface area contributed by atoms with Gasteiger partial charge in [0.2, 0.25) is 5.76 Å². The van der Waals surface area contributed by atoms with E-state index in [9.17, 15) is 9.90 Å². The van der Waals surface area contributed by atoms with Gasteiger partial charge in [0.05, 0.1) is 6.10 Å². The fourth-order valence-corrected chi connectivity index (χ4v) is 2.86. The normalized spacial score (nSPS) is 16.2. The number of nitrogens with one attached hydrogen (secondary N) is 1. The Morgan fingerprint density at radius 3 is 2.79 bits per heavy atom. The second-order valence-corrected chi connectivity index (χ2v) is 6.12. The van der Waals surface area contributed by atoms with Gasteiger partial charge in [-0.25, -0.2) is 0 Å². The summed E-state index contributed by atoms with van der Waals surface area (Å²) in [4.78, 5) is 14.4. The number of piperidine rings is 1. The molecule has 6 nitrogen and oxygen atoms in total. The van der Waals surface area contributed by atoms with Crippen LogP contribution in [0.5, 0.6) is 0 Å². The first-order chi connectivity index (χ1) is 11.7. The molecule has 6 heteroatoms. The van der Waals surface area contributed by atoms with Crippen molar-refractivity contribution in [3.63, 3.8) is 0 Å². The Hall–Kier alpha value is -2.18. The lowest BCUT2D eigenvalue weighted by Crippen LogP contribution is -2.37. The molecule has 1 saturated heterocycles. The van der Waals surface area contributed by atoms with Crippen molar-refractivity contribution >= 4 is 5.91 Å². The third kappa shape index (κ3) is 4.43. The summed E-state index contributed by atoms with van der Waals surface area (Å²) in [5.41, 5.74) is 1.58. The van der Waals surface area contributed by atoms with E-state index in [0.717, 1.165) is 44.5 Å². The summed E-state index contributed by atoms with van der Waals surface area (Å²) in [5, 5.41) is 16.3. The number of aromatic nitrogens is 1. The number of benzene rings is 1. The fourth-order valence-electron chi connectivity index (χ4n) is 2.86. The zero-order valence-electron chi connectivity index (χ0n) is 13.6. The second-order valence-electron chi connectivity index (χ2n) is 6.12. The number of hydrogen-bond donors (Lipinski definition) is 2. The molecule has 0 saturated carbocycles. The van der Waals surface area contributed by atoms with E-state index in [0.29, 0.717) is 12.2 Å². The maximum atomic E-state index is 12.1. The van der Waals surface area contributed by atoms with E-state index in [-0.39, 0.29) is 17.8 Å². The highest BCUT2D eigenvalue weighted by Crippen LogP contribution is 2.18. The molecule has 0 radical (unpaired) electrons. The molecule has 2 aromatic rings. The summed E-state index contributed by atoms with van der Waals surface area (Å²) in [6, 6.07) is 11.3. The number of amides is 1. The van der Waals surface area contributed by atoms with Crippen molar-refractivity contribution < 1.29 is 14.4 Å². The van der Waals surface area contributed by atoms with E-state index < -0.39 is 0 Å². The molecule has 1 aromatic carbocycles. The molecule has 2 N–H and O–H groups in total. The summed E-state index contributed by atoms with van der Waals surface area (Å²) in [7, 11) is 0. The molecule has 3 rings (SSSR count). The maximum Gasteiger partial charge on any atom is 0.289 e. The molecule has 1 aliphatic rings. The Labute approximate surface area is 141 Å². The summed E-state index contributed by atoms with van der Waals surface area (Å²) < 4.78 is 5.14. The van der Waals surface area contributed by atoms with Crippen molar-refractivity contribution in [1.29, 1.82) is 0 Å². The number of hydrogen-bond acceptors (Lipinski definition) is 5. The number of likely N-dealkylation sites (tertiary alicyclic amines) is 1. The van der Waals surface area contributed by atoms with Crippen molar-refractivity contribution in [2.24, 2.45) is 0 Å². The molecule has 1 aliphatic heterocycles. The second kappa shape index (κ2) is 8.08. The van der Waals surface area contributed by atoms with Crippen molar-refractivity contribution in [2.45, 2.75) is 25.4 Å². The SMILES string of the molecule is O=C(NCCCN1CCC(O)CC1)c1cc(-c2ccccc2)no1. The minimum Gasteiger partial charge on any atom is -0.393 e. The first-order valence-electron chi connectivity index (χ1n) is 8.43. The summed E-state index contributed by atoms with van der Waals surface area (Å²) >= 11 is 0. The van der Waals surface area contributed by atoms with Crippen LogP contribution in [-0.4, -0.2) is 53.4 Å². The first kappa shape index (κ1) is 16.7. The van der Waals surface area contributed by atoms with E-state index >= 15 is 0 Å². The lowest BCUT2D eigenvalue weighted by atomic mass is 10.1.